The molecule has 0 saturated heterocycles. The van der Waals surface area contributed by atoms with Crippen LogP contribution in [0.5, 0.6) is 0 Å². The lowest BCUT2D eigenvalue weighted by Gasteiger charge is -2.14. The van der Waals surface area contributed by atoms with Crippen LogP contribution in [0.3, 0.4) is 0 Å². The van der Waals surface area contributed by atoms with Crippen LogP contribution >= 0.6 is 0 Å². The highest BCUT2D eigenvalue weighted by Gasteiger charge is 2.71. The predicted molar refractivity (Wildman–Crippen MR) is 49.1 cm³/mol. The Hall–Kier alpha value is -0.860. The average Bonchev–Trinajstić information content (AvgIpc) is 2.66. The molecule has 14 heavy (non-hydrogen) atoms. The van der Waals surface area contributed by atoms with Gasteiger partial charge < -0.3 is 4.57 Å². The fourth-order valence-electron chi connectivity index (χ4n) is 2.86. The number of halogens is 2. The van der Waals surface area contributed by atoms with E-state index in [1.807, 2.05) is 24.5 Å². The molecule has 1 aromatic heterocycles. The SMILES string of the molecule is FC1(F)C2CC(Cn3cccc3)CC21. The Morgan fingerprint density at radius 3 is 2.29 bits per heavy atom. The van der Waals surface area contributed by atoms with Gasteiger partial charge >= 0.3 is 0 Å². The zero-order chi connectivity index (χ0) is 9.76. The molecule has 2 fully saturated rings. The van der Waals surface area contributed by atoms with Crippen molar-refractivity contribution in [1.29, 1.82) is 0 Å². The van der Waals surface area contributed by atoms with Gasteiger partial charge in [0.2, 0.25) is 0 Å². The molecule has 2 atom stereocenters. The van der Waals surface area contributed by atoms with E-state index in [0.717, 1.165) is 19.4 Å². The van der Waals surface area contributed by atoms with Gasteiger partial charge in [-0.05, 0) is 30.9 Å². The molecular formula is C11H13F2N. The van der Waals surface area contributed by atoms with Crippen LogP contribution in [0.15, 0.2) is 24.5 Å². The lowest BCUT2D eigenvalue weighted by atomic mass is 10.0. The second kappa shape index (κ2) is 2.59. The molecule has 2 aliphatic rings. The summed E-state index contributed by atoms with van der Waals surface area (Å²) in [4.78, 5) is 0. The Bertz CT molecular complexity index is 317. The van der Waals surface area contributed by atoms with Crippen LogP contribution in [0.25, 0.3) is 0 Å². The molecule has 2 unspecified atom stereocenters. The molecule has 0 N–H and O–H groups in total. The molecule has 0 aromatic carbocycles. The fraction of sp³-hybridized carbons (Fsp3) is 0.636. The lowest BCUT2D eigenvalue weighted by Crippen LogP contribution is -2.13. The second-order valence-electron chi connectivity index (χ2n) is 4.60. The largest absolute Gasteiger partial charge is 0.354 e. The first-order valence-corrected chi connectivity index (χ1v) is 5.16. The lowest BCUT2D eigenvalue weighted by molar-refractivity contribution is 0.0621. The molecule has 0 bridgehead atoms. The van der Waals surface area contributed by atoms with Crippen LogP contribution in [0.2, 0.25) is 0 Å². The van der Waals surface area contributed by atoms with Crippen molar-refractivity contribution in [1.82, 2.24) is 4.57 Å². The van der Waals surface area contributed by atoms with E-state index >= 15 is 0 Å². The highest BCUT2D eigenvalue weighted by atomic mass is 19.3. The highest BCUT2D eigenvalue weighted by Crippen LogP contribution is 2.65. The molecule has 1 heterocycles. The summed E-state index contributed by atoms with van der Waals surface area (Å²) in [5, 5.41) is 0. The maximum atomic E-state index is 12.9. The quantitative estimate of drug-likeness (QED) is 0.687. The van der Waals surface area contributed by atoms with Gasteiger partial charge in [-0.15, -0.1) is 0 Å². The summed E-state index contributed by atoms with van der Waals surface area (Å²) in [6, 6.07) is 3.95. The third kappa shape index (κ3) is 1.11. The Balaban J connectivity index is 1.60. The predicted octanol–water partition coefficient (Wildman–Crippen LogP) is 2.78. The summed E-state index contributed by atoms with van der Waals surface area (Å²) in [5.41, 5.74) is 0. The van der Waals surface area contributed by atoms with Crippen LogP contribution in [-0.2, 0) is 6.54 Å². The number of alkyl halides is 2. The Labute approximate surface area is 81.7 Å². The molecule has 2 aliphatic carbocycles. The van der Waals surface area contributed by atoms with Gasteiger partial charge in [-0.25, -0.2) is 8.78 Å². The van der Waals surface area contributed by atoms with Crippen LogP contribution in [0.1, 0.15) is 12.8 Å². The maximum absolute atomic E-state index is 12.9. The number of rotatable bonds is 2. The van der Waals surface area contributed by atoms with E-state index in [4.69, 9.17) is 0 Å². The van der Waals surface area contributed by atoms with Crippen molar-refractivity contribution in [2.24, 2.45) is 17.8 Å². The van der Waals surface area contributed by atoms with Gasteiger partial charge in [0.25, 0.3) is 5.92 Å². The average molecular weight is 197 g/mol. The third-order valence-electron chi connectivity index (χ3n) is 3.68. The molecule has 1 aromatic rings. The topological polar surface area (TPSA) is 4.93 Å². The number of fused-ring (bicyclic) bond motifs is 1. The minimum atomic E-state index is -2.31. The van der Waals surface area contributed by atoms with Crippen molar-refractivity contribution >= 4 is 0 Å². The van der Waals surface area contributed by atoms with Crippen molar-refractivity contribution in [2.75, 3.05) is 0 Å². The monoisotopic (exact) mass is 197 g/mol. The molecule has 3 heteroatoms. The van der Waals surface area contributed by atoms with Crippen LogP contribution < -0.4 is 0 Å². The first kappa shape index (κ1) is 8.45. The van der Waals surface area contributed by atoms with Crippen molar-refractivity contribution in [2.45, 2.75) is 25.3 Å². The third-order valence-corrected chi connectivity index (χ3v) is 3.68. The van der Waals surface area contributed by atoms with Crippen molar-refractivity contribution in [3.63, 3.8) is 0 Å². The summed E-state index contributed by atoms with van der Waals surface area (Å²) in [7, 11) is 0. The number of aromatic nitrogens is 1. The van der Waals surface area contributed by atoms with E-state index in [-0.39, 0.29) is 11.8 Å². The molecule has 0 spiro atoms. The minimum absolute atomic E-state index is 0.289. The van der Waals surface area contributed by atoms with Crippen molar-refractivity contribution in [3.8, 4) is 0 Å². The summed E-state index contributed by atoms with van der Waals surface area (Å²) < 4.78 is 27.9. The van der Waals surface area contributed by atoms with Crippen molar-refractivity contribution in [3.05, 3.63) is 24.5 Å². The van der Waals surface area contributed by atoms with Crippen molar-refractivity contribution < 1.29 is 8.78 Å². The van der Waals surface area contributed by atoms with E-state index in [2.05, 4.69) is 4.57 Å². The molecule has 3 rings (SSSR count). The summed E-state index contributed by atoms with van der Waals surface area (Å²) >= 11 is 0. The molecule has 0 radical (unpaired) electrons. The second-order valence-corrected chi connectivity index (χ2v) is 4.60. The van der Waals surface area contributed by atoms with Gasteiger partial charge in [-0.3, -0.25) is 0 Å². The normalized spacial score (nSPS) is 38.3. The molecule has 76 valence electrons. The van der Waals surface area contributed by atoms with E-state index in [0.29, 0.717) is 5.92 Å². The Kier molecular flexibility index (Phi) is 1.56. The van der Waals surface area contributed by atoms with Crippen LogP contribution in [0, 0.1) is 17.8 Å². The van der Waals surface area contributed by atoms with Crippen LogP contribution in [-0.4, -0.2) is 10.5 Å². The fourth-order valence-corrected chi connectivity index (χ4v) is 2.86. The highest BCUT2D eigenvalue weighted by molar-refractivity contribution is 5.11. The number of nitrogens with zero attached hydrogens (tertiary/aromatic N) is 1. The van der Waals surface area contributed by atoms with Gasteiger partial charge in [0, 0.05) is 30.8 Å². The number of hydrogen-bond acceptors (Lipinski definition) is 0. The Morgan fingerprint density at radius 1 is 1.14 bits per heavy atom. The van der Waals surface area contributed by atoms with Gasteiger partial charge in [0.15, 0.2) is 0 Å². The zero-order valence-electron chi connectivity index (χ0n) is 7.87. The smallest absolute Gasteiger partial charge is 0.254 e. The van der Waals surface area contributed by atoms with E-state index in [9.17, 15) is 8.78 Å². The summed E-state index contributed by atoms with van der Waals surface area (Å²) in [6.45, 7) is 0.913. The van der Waals surface area contributed by atoms with Gasteiger partial charge in [0.1, 0.15) is 0 Å². The number of hydrogen-bond donors (Lipinski definition) is 0. The first-order valence-electron chi connectivity index (χ1n) is 5.16. The van der Waals surface area contributed by atoms with Crippen LogP contribution in [0.4, 0.5) is 8.78 Å². The van der Waals surface area contributed by atoms with E-state index < -0.39 is 5.92 Å². The standard InChI is InChI=1S/C11H13F2N/c12-11(13)9-5-8(6-10(9)11)7-14-3-1-2-4-14/h1-4,8-10H,5-7H2. The van der Waals surface area contributed by atoms with Gasteiger partial charge in [-0.2, -0.15) is 0 Å². The van der Waals surface area contributed by atoms with Gasteiger partial charge in [0.05, 0.1) is 0 Å². The molecular weight excluding hydrogens is 184 g/mol. The summed E-state index contributed by atoms with van der Waals surface area (Å²) in [6.07, 6.45) is 5.44. The zero-order valence-corrected chi connectivity index (χ0v) is 7.87. The first-order chi connectivity index (χ1) is 6.68. The maximum Gasteiger partial charge on any atom is 0.254 e. The van der Waals surface area contributed by atoms with E-state index in [1.54, 1.807) is 0 Å². The minimum Gasteiger partial charge on any atom is -0.354 e. The summed E-state index contributed by atoms with van der Waals surface area (Å²) in [5.74, 6) is -2.42. The van der Waals surface area contributed by atoms with E-state index in [1.165, 1.54) is 0 Å². The molecule has 2 saturated carbocycles. The molecule has 0 amide bonds. The molecule has 1 nitrogen and oxygen atoms in total. The molecule has 0 aliphatic heterocycles. The van der Waals surface area contributed by atoms with Gasteiger partial charge in [-0.1, -0.05) is 0 Å². The Morgan fingerprint density at radius 2 is 1.71 bits per heavy atom.